The SMILES string of the molecule is CCCCCCC.CCN(C)CC(CNC(C)=O)OC. The van der Waals surface area contributed by atoms with Crippen molar-refractivity contribution in [1.29, 1.82) is 0 Å². The van der Waals surface area contributed by atoms with E-state index in [1.54, 1.807) is 7.11 Å². The van der Waals surface area contributed by atoms with Gasteiger partial charge in [0.15, 0.2) is 0 Å². The molecule has 4 nitrogen and oxygen atoms in total. The molecule has 0 aliphatic carbocycles. The van der Waals surface area contributed by atoms with Crippen LogP contribution in [0.1, 0.15) is 59.8 Å². The van der Waals surface area contributed by atoms with Crippen molar-refractivity contribution in [2.45, 2.75) is 65.9 Å². The van der Waals surface area contributed by atoms with Crippen molar-refractivity contribution in [2.75, 3.05) is 33.8 Å². The molecule has 0 aromatic heterocycles. The molecule has 0 heterocycles. The highest BCUT2D eigenvalue weighted by Gasteiger charge is 2.09. The van der Waals surface area contributed by atoms with Gasteiger partial charge in [-0.2, -0.15) is 0 Å². The van der Waals surface area contributed by atoms with E-state index in [-0.39, 0.29) is 12.0 Å². The van der Waals surface area contributed by atoms with Crippen LogP contribution in [0.15, 0.2) is 0 Å². The standard InChI is InChI=1S/C9H20N2O2.C7H16/c1-5-11(3)7-9(13-4)6-10-8(2)12;1-3-5-7-6-4-2/h9H,5-7H2,1-4H3,(H,10,12);3-7H2,1-2H3. The summed E-state index contributed by atoms with van der Waals surface area (Å²) in [6.45, 7) is 10.5. The third-order valence-corrected chi connectivity index (χ3v) is 3.17. The zero-order valence-corrected chi connectivity index (χ0v) is 14.5. The van der Waals surface area contributed by atoms with Gasteiger partial charge < -0.3 is 15.0 Å². The molecule has 0 spiro atoms. The van der Waals surface area contributed by atoms with Gasteiger partial charge in [0.25, 0.3) is 0 Å². The van der Waals surface area contributed by atoms with Gasteiger partial charge in [0.2, 0.25) is 5.91 Å². The van der Waals surface area contributed by atoms with E-state index in [4.69, 9.17) is 4.74 Å². The number of likely N-dealkylation sites (N-methyl/N-ethyl adjacent to an activating group) is 1. The minimum Gasteiger partial charge on any atom is -0.378 e. The van der Waals surface area contributed by atoms with Gasteiger partial charge in [0.05, 0.1) is 6.10 Å². The summed E-state index contributed by atoms with van der Waals surface area (Å²) < 4.78 is 5.22. The Bertz CT molecular complexity index is 207. The quantitative estimate of drug-likeness (QED) is 0.628. The minimum atomic E-state index is -0.0128. The number of hydrogen-bond acceptors (Lipinski definition) is 3. The number of amides is 1. The normalized spacial score (nSPS) is 11.8. The minimum absolute atomic E-state index is 0.0128. The molecule has 4 heteroatoms. The van der Waals surface area contributed by atoms with Gasteiger partial charge in [-0.25, -0.2) is 0 Å². The van der Waals surface area contributed by atoms with Crippen LogP contribution in [0.2, 0.25) is 0 Å². The predicted octanol–water partition coefficient (Wildman–Crippen LogP) is 3.07. The second-order valence-corrected chi connectivity index (χ2v) is 5.21. The molecular formula is C16H36N2O2. The van der Waals surface area contributed by atoms with E-state index in [2.05, 4.69) is 31.0 Å². The van der Waals surface area contributed by atoms with Crippen LogP contribution in [0.3, 0.4) is 0 Å². The smallest absolute Gasteiger partial charge is 0.216 e. The molecule has 0 fully saturated rings. The van der Waals surface area contributed by atoms with Crippen LogP contribution >= 0.6 is 0 Å². The monoisotopic (exact) mass is 288 g/mol. The lowest BCUT2D eigenvalue weighted by molar-refractivity contribution is -0.119. The molecule has 20 heavy (non-hydrogen) atoms. The number of unbranched alkanes of at least 4 members (excludes halogenated alkanes) is 4. The molecule has 0 bridgehead atoms. The molecule has 1 amide bonds. The summed E-state index contributed by atoms with van der Waals surface area (Å²) >= 11 is 0. The Hall–Kier alpha value is -0.610. The third-order valence-electron chi connectivity index (χ3n) is 3.17. The van der Waals surface area contributed by atoms with Gasteiger partial charge in [0, 0.05) is 27.1 Å². The molecular weight excluding hydrogens is 252 g/mol. The molecule has 0 aromatic rings. The van der Waals surface area contributed by atoms with E-state index in [0.29, 0.717) is 6.54 Å². The van der Waals surface area contributed by atoms with Crippen LogP contribution in [-0.4, -0.2) is 50.7 Å². The average molecular weight is 288 g/mol. The average Bonchev–Trinajstić information content (AvgIpc) is 2.44. The second kappa shape index (κ2) is 16.4. The fourth-order valence-electron chi connectivity index (χ4n) is 1.63. The van der Waals surface area contributed by atoms with Crippen molar-refractivity contribution in [2.24, 2.45) is 0 Å². The van der Waals surface area contributed by atoms with Crippen LogP contribution < -0.4 is 5.32 Å². The fraction of sp³-hybridized carbons (Fsp3) is 0.938. The van der Waals surface area contributed by atoms with Crippen LogP contribution in [0, 0.1) is 0 Å². The molecule has 1 atom stereocenters. The Morgan fingerprint density at radius 3 is 2.05 bits per heavy atom. The lowest BCUT2D eigenvalue weighted by atomic mass is 10.2. The summed E-state index contributed by atoms with van der Waals surface area (Å²) in [7, 11) is 3.69. The first-order valence-electron chi connectivity index (χ1n) is 7.97. The summed E-state index contributed by atoms with van der Waals surface area (Å²) in [6, 6.07) is 0. The third kappa shape index (κ3) is 17.4. The van der Waals surface area contributed by atoms with Gasteiger partial charge in [-0.05, 0) is 13.6 Å². The van der Waals surface area contributed by atoms with Gasteiger partial charge >= 0.3 is 0 Å². The van der Waals surface area contributed by atoms with Crippen LogP contribution in [0.5, 0.6) is 0 Å². The van der Waals surface area contributed by atoms with Crippen molar-refractivity contribution >= 4 is 5.91 Å². The van der Waals surface area contributed by atoms with Crippen molar-refractivity contribution in [3.8, 4) is 0 Å². The van der Waals surface area contributed by atoms with E-state index in [0.717, 1.165) is 13.1 Å². The predicted molar refractivity (Wildman–Crippen MR) is 87.1 cm³/mol. The molecule has 1 N–H and O–H groups in total. The molecule has 0 aliphatic heterocycles. The largest absolute Gasteiger partial charge is 0.378 e. The first kappa shape index (κ1) is 21.7. The van der Waals surface area contributed by atoms with E-state index in [9.17, 15) is 4.79 Å². The number of ether oxygens (including phenoxy) is 1. The maximum absolute atomic E-state index is 10.6. The lowest BCUT2D eigenvalue weighted by Crippen LogP contribution is -2.39. The Labute approximate surface area is 126 Å². The van der Waals surface area contributed by atoms with E-state index >= 15 is 0 Å². The Morgan fingerprint density at radius 2 is 1.70 bits per heavy atom. The van der Waals surface area contributed by atoms with Gasteiger partial charge in [-0.15, -0.1) is 0 Å². The van der Waals surface area contributed by atoms with Crippen LogP contribution in [-0.2, 0) is 9.53 Å². The highest BCUT2D eigenvalue weighted by Crippen LogP contribution is 2.00. The van der Waals surface area contributed by atoms with Crippen LogP contribution in [0.25, 0.3) is 0 Å². The Morgan fingerprint density at radius 1 is 1.15 bits per heavy atom. The summed E-state index contributed by atoms with van der Waals surface area (Å²) in [5.41, 5.74) is 0. The van der Waals surface area contributed by atoms with Crippen molar-refractivity contribution in [3.63, 3.8) is 0 Å². The topological polar surface area (TPSA) is 41.6 Å². The van der Waals surface area contributed by atoms with Gasteiger partial charge in [0.1, 0.15) is 0 Å². The van der Waals surface area contributed by atoms with Gasteiger partial charge in [-0.1, -0.05) is 52.9 Å². The second-order valence-electron chi connectivity index (χ2n) is 5.21. The molecule has 0 aromatic carbocycles. The molecule has 0 radical (unpaired) electrons. The van der Waals surface area contributed by atoms with Crippen molar-refractivity contribution in [1.82, 2.24) is 10.2 Å². The summed E-state index contributed by atoms with van der Waals surface area (Å²) in [6.07, 6.45) is 7.09. The molecule has 0 saturated heterocycles. The summed E-state index contributed by atoms with van der Waals surface area (Å²) in [5, 5.41) is 2.74. The maximum Gasteiger partial charge on any atom is 0.216 e. The fourth-order valence-corrected chi connectivity index (χ4v) is 1.63. The highest BCUT2D eigenvalue weighted by atomic mass is 16.5. The Kier molecular flexibility index (Phi) is 17.8. The zero-order valence-electron chi connectivity index (χ0n) is 14.5. The number of nitrogens with one attached hydrogen (secondary N) is 1. The molecule has 0 saturated carbocycles. The van der Waals surface area contributed by atoms with E-state index < -0.39 is 0 Å². The Balaban J connectivity index is 0. The molecule has 1 unspecified atom stereocenters. The molecule has 0 aliphatic rings. The van der Waals surface area contributed by atoms with Crippen molar-refractivity contribution in [3.05, 3.63) is 0 Å². The first-order chi connectivity index (χ1) is 9.51. The maximum atomic E-state index is 10.6. The number of carbonyl (C=O) groups is 1. The molecule has 0 rings (SSSR count). The summed E-state index contributed by atoms with van der Waals surface area (Å²) in [4.78, 5) is 12.8. The molecule has 122 valence electrons. The first-order valence-corrected chi connectivity index (χ1v) is 7.97. The van der Waals surface area contributed by atoms with Crippen molar-refractivity contribution < 1.29 is 9.53 Å². The van der Waals surface area contributed by atoms with E-state index in [1.807, 2.05) is 7.05 Å². The summed E-state index contributed by atoms with van der Waals surface area (Å²) in [5.74, 6) is -0.0128. The number of hydrogen-bond donors (Lipinski definition) is 1. The van der Waals surface area contributed by atoms with Crippen LogP contribution in [0.4, 0.5) is 0 Å². The number of carbonyl (C=O) groups excluding carboxylic acids is 1. The lowest BCUT2D eigenvalue weighted by Gasteiger charge is -2.21. The van der Waals surface area contributed by atoms with E-state index in [1.165, 1.54) is 39.0 Å². The van der Waals surface area contributed by atoms with Gasteiger partial charge in [-0.3, -0.25) is 4.79 Å². The number of rotatable bonds is 10. The zero-order chi connectivity index (χ0) is 15.8. The number of methoxy groups -OCH3 is 1. The number of nitrogens with zero attached hydrogens (tertiary/aromatic N) is 1. The highest BCUT2D eigenvalue weighted by molar-refractivity contribution is 5.72.